The highest BCUT2D eigenvalue weighted by atomic mass is 28.5. The van der Waals surface area contributed by atoms with Gasteiger partial charge < -0.3 is 17.7 Å². The van der Waals surface area contributed by atoms with E-state index in [1.54, 1.807) is 0 Å². The third-order valence-electron chi connectivity index (χ3n) is 8.00. The quantitative estimate of drug-likeness (QED) is 0.134. The van der Waals surface area contributed by atoms with E-state index in [0.717, 1.165) is 80.0 Å². The van der Waals surface area contributed by atoms with Crippen LogP contribution in [-0.4, -0.2) is 46.8 Å². The molecule has 8 heteroatoms. The van der Waals surface area contributed by atoms with Crippen molar-refractivity contribution in [2.24, 2.45) is 0 Å². The van der Waals surface area contributed by atoms with Crippen molar-refractivity contribution >= 4 is 33.8 Å². The number of hydrogen-bond acceptors (Lipinski definition) is 4. The molecule has 1 N–H and O–H groups in total. The standard InChI is InChI=1S/C23H57NO3Si4/c1-11-24-22-21-23-31(25-28(12-2,13-3)14-4,26-29(15-5,16-6)17-7)27-30(18-8,19-9)20-10/h24H,11-23H2,1-10H3. The Balaban J connectivity index is 6.48. The van der Waals surface area contributed by atoms with Gasteiger partial charge in [-0.2, -0.15) is 0 Å². The molecule has 0 aliphatic rings. The molecule has 0 rings (SSSR count). The molecule has 0 fully saturated rings. The average molecular weight is 508 g/mol. The van der Waals surface area contributed by atoms with E-state index in [-0.39, 0.29) is 0 Å². The van der Waals surface area contributed by atoms with Crippen molar-refractivity contribution in [1.29, 1.82) is 0 Å². The fraction of sp³-hybridized carbons (Fsp3) is 1.00. The van der Waals surface area contributed by atoms with Gasteiger partial charge in [0, 0.05) is 6.04 Å². The second kappa shape index (κ2) is 15.6. The first kappa shape index (κ1) is 31.7. The van der Waals surface area contributed by atoms with Crippen LogP contribution in [0.4, 0.5) is 0 Å². The Morgan fingerprint density at radius 3 is 1.00 bits per heavy atom. The molecule has 0 aromatic carbocycles. The topological polar surface area (TPSA) is 39.7 Å². The Morgan fingerprint density at radius 2 is 0.774 bits per heavy atom. The minimum absolute atomic E-state index is 0.984. The van der Waals surface area contributed by atoms with Crippen molar-refractivity contribution in [2.45, 2.75) is 136 Å². The van der Waals surface area contributed by atoms with Gasteiger partial charge in [-0.15, -0.1) is 0 Å². The maximum atomic E-state index is 7.45. The molecule has 31 heavy (non-hydrogen) atoms. The molecular weight excluding hydrogens is 451 g/mol. The molecule has 188 valence electrons. The Labute approximate surface area is 200 Å². The van der Waals surface area contributed by atoms with Gasteiger partial charge in [-0.05, 0) is 73.9 Å². The molecule has 0 amide bonds. The highest BCUT2D eigenvalue weighted by molar-refractivity contribution is 6.92. The summed E-state index contributed by atoms with van der Waals surface area (Å²) in [6, 6.07) is 11.4. The smallest absolute Gasteiger partial charge is 0.416 e. The predicted molar refractivity (Wildman–Crippen MR) is 149 cm³/mol. The summed E-state index contributed by atoms with van der Waals surface area (Å²) in [6.45, 7) is 25.3. The Bertz CT molecular complexity index is 376. The normalized spacial score (nSPS) is 13.7. The zero-order valence-corrected chi connectivity index (χ0v) is 26.9. The van der Waals surface area contributed by atoms with Crippen molar-refractivity contribution < 1.29 is 12.3 Å². The molecule has 0 atom stereocenters. The van der Waals surface area contributed by atoms with Crippen molar-refractivity contribution in [3.05, 3.63) is 0 Å². The maximum Gasteiger partial charge on any atom is 0.469 e. The van der Waals surface area contributed by atoms with Gasteiger partial charge in [0.1, 0.15) is 0 Å². The van der Waals surface area contributed by atoms with Gasteiger partial charge in [0.15, 0.2) is 25.0 Å². The fourth-order valence-corrected chi connectivity index (χ4v) is 25.8. The molecule has 0 radical (unpaired) electrons. The molecule has 0 aliphatic heterocycles. The van der Waals surface area contributed by atoms with Crippen LogP contribution < -0.4 is 5.32 Å². The van der Waals surface area contributed by atoms with Gasteiger partial charge in [-0.3, -0.25) is 0 Å². The van der Waals surface area contributed by atoms with Crippen LogP contribution in [0.5, 0.6) is 0 Å². The lowest BCUT2D eigenvalue weighted by atomic mass is 10.5. The molecular formula is C23H57NO3Si4. The molecule has 0 unspecified atom stereocenters. The average Bonchev–Trinajstić information content (AvgIpc) is 2.83. The van der Waals surface area contributed by atoms with E-state index in [1.807, 2.05) is 0 Å². The minimum Gasteiger partial charge on any atom is -0.416 e. The van der Waals surface area contributed by atoms with Crippen LogP contribution in [0.2, 0.25) is 60.4 Å². The summed E-state index contributed by atoms with van der Waals surface area (Å²) in [4.78, 5) is 0. The van der Waals surface area contributed by atoms with Crippen molar-refractivity contribution in [3.63, 3.8) is 0 Å². The third-order valence-corrected chi connectivity index (χ3v) is 29.5. The van der Waals surface area contributed by atoms with Gasteiger partial charge in [-0.25, -0.2) is 0 Å². The summed E-state index contributed by atoms with van der Waals surface area (Å²) in [6.07, 6.45) is 1.09. The summed E-state index contributed by atoms with van der Waals surface area (Å²) >= 11 is 0. The highest BCUT2D eigenvalue weighted by Crippen LogP contribution is 2.39. The number of rotatable bonds is 20. The first-order valence-corrected chi connectivity index (χ1v) is 23.1. The van der Waals surface area contributed by atoms with Crippen molar-refractivity contribution in [3.8, 4) is 0 Å². The fourth-order valence-electron chi connectivity index (χ4n) is 4.71. The van der Waals surface area contributed by atoms with E-state index < -0.39 is 33.8 Å². The summed E-state index contributed by atoms with van der Waals surface area (Å²) in [5.41, 5.74) is 0. The number of hydrogen-bond donors (Lipinski definition) is 1. The monoisotopic (exact) mass is 507 g/mol. The SMILES string of the molecule is CCNCCC[Si](O[Si](CC)(CC)CC)(O[Si](CC)(CC)CC)O[Si](CC)(CC)CC. The van der Waals surface area contributed by atoms with Gasteiger partial charge in [0.25, 0.3) is 0 Å². The predicted octanol–water partition coefficient (Wildman–Crippen LogP) is 7.99. The van der Waals surface area contributed by atoms with Gasteiger partial charge in [-0.1, -0.05) is 69.2 Å². The van der Waals surface area contributed by atoms with Crippen LogP contribution in [0, 0.1) is 0 Å². The van der Waals surface area contributed by atoms with Crippen LogP contribution in [0.15, 0.2) is 0 Å². The first-order valence-electron chi connectivity index (χ1n) is 13.5. The Morgan fingerprint density at radius 1 is 0.484 bits per heavy atom. The lowest BCUT2D eigenvalue weighted by Gasteiger charge is -2.48. The summed E-state index contributed by atoms with van der Waals surface area (Å²) in [5.74, 6) is 0. The van der Waals surface area contributed by atoms with Gasteiger partial charge in [0.2, 0.25) is 0 Å². The van der Waals surface area contributed by atoms with Crippen LogP contribution in [0.1, 0.15) is 75.7 Å². The second-order valence-corrected chi connectivity index (χ2v) is 27.0. The van der Waals surface area contributed by atoms with Gasteiger partial charge >= 0.3 is 8.80 Å². The van der Waals surface area contributed by atoms with Crippen LogP contribution >= 0.6 is 0 Å². The molecule has 0 heterocycles. The molecule has 0 bridgehead atoms. The molecule has 0 aromatic rings. The first-order chi connectivity index (χ1) is 14.7. The zero-order valence-electron chi connectivity index (χ0n) is 22.9. The summed E-state index contributed by atoms with van der Waals surface area (Å²) in [5, 5.41) is 3.52. The molecule has 0 spiro atoms. The molecule has 0 aromatic heterocycles. The van der Waals surface area contributed by atoms with E-state index in [0.29, 0.717) is 0 Å². The minimum atomic E-state index is -2.80. The van der Waals surface area contributed by atoms with Crippen LogP contribution in [0.25, 0.3) is 0 Å². The summed E-state index contributed by atoms with van der Waals surface area (Å²) < 4.78 is 22.4. The van der Waals surface area contributed by atoms with Crippen molar-refractivity contribution in [2.75, 3.05) is 13.1 Å². The number of nitrogens with one attached hydrogen (secondary N) is 1. The van der Waals surface area contributed by atoms with Crippen LogP contribution in [0.3, 0.4) is 0 Å². The Hall–Kier alpha value is 0.708. The molecule has 0 aliphatic carbocycles. The third kappa shape index (κ3) is 9.11. The van der Waals surface area contributed by atoms with E-state index in [9.17, 15) is 0 Å². The largest absolute Gasteiger partial charge is 0.469 e. The molecule has 0 saturated carbocycles. The molecule has 0 saturated heterocycles. The Kier molecular flexibility index (Phi) is 15.9. The second-order valence-electron chi connectivity index (χ2n) is 9.18. The van der Waals surface area contributed by atoms with E-state index in [1.165, 1.54) is 0 Å². The van der Waals surface area contributed by atoms with Gasteiger partial charge in [0.05, 0.1) is 0 Å². The maximum absolute atomic E-state index is 7.45. The van der Waals surface area contributed by atoms with E-state index in [4.69, 9.17) is 12.3 Å². The van der Waals surface area contributed by atoms with E-state index >= 15 is 0 Å². The van der Waals surface area contributed by atoms with Crippen LogP contribution in [-0.2, 0) is 12.3 Å². The highest BCUT2D eigenvalue weighted by Gasteiger charge is 2.54. The van der Waals surface area contributed by atoms with E-state index in [2.05, 4.69) is 74.6 Å². The lowest BCUT2D eigenvalue weighted by Crippen LogP contribution is -2.64. The zero-order chi connectivity index (χ0) is 24.0. The lowest BCUT2D eigenvalue weighted by molar-refractivity contribution is 0.237. The van der Waals surface area contributed by atoms with Crippen molar-refractivity contribution in [1.82, 2.24) is 5.32 Å². The molecule has 4 nitrogen and oxygen atoms in total. The summed E-state index contributed by atoms with van der Waals surface area (Å²) in [7, 11) is -8.38.